The van der Waals surface area contributed by atoms with Gasteiger partial charge in [0.2, 0.25) is 0 Å². The van der Waals surface area contributed by atoms with Crippen LogP contribution in [0.15, 0.2) is 76.7 Å². The Bertz CT molecular complexity index is 1370. The summed E-state index contributed by atoms with van der Waals surface area (Å²) in [5.74, 6) is 2.16. The number of benzene rings is 3. The number of hydrogen-bond donors (Lipinski definition) is 1. The van der Waals surface area contributed by atoms with Crippen molar-refractivity contribution in [3.05, 3.63) is 89.0 Å². The molecule has 1 fully saturated rings. The van der Waals surface area contributed by atoms with E-state index in [1.165, 1.54) is 6.21 Å². The number of hydrazone groups is 1. The molecule has 0 bridgehead atoms. The molecule has 7 nitrogen and oxygen atoms in total. The maximum Gasteiger partial charge on any atom is 0.264 e. The Labute approximate surface area is 216 Å². The van der Waals surface area contributed by atoms with Gasteiger partial charge < -0.3 is 4.74 Å². The van der Waals surface area contributed by atoms with Gasteiger partial charge in [0.05, 0.1) is 16.8 Å². The van der Waals surface area contributed by atoms with Gasteiger partial charge in [0.25, 0.3) is 15.9 Å². The number of sulfonamides is 1. The van der Waals surface area contributed by atoms with Crippen LogP contribution in [-0.2, 0) is 14.8 Å². The van der Waals surface area contributed by atoms with Crippen molar-refractivity contribution in [1.82, 2.24) is 5.43 Å². The predicted molar refractivity (Wildman–Crippen MR) is 146 cm³/mol. The van der Waals surface area contributed by atoms with Crippen molar-refractivity contribution in [2.75, 3.05) is 22.4 Å². The van der Waals surface area contributed by atoms with Crippen LogP contribution in [0.25, 0.3) is 0 Å². The van der Waals surface area contributed by atoms with Crippen LogP contribution >= 0.6 is 11.8 Å². The van der Waals surface area contributed by atoms with Crippen LogP contribution < -0.4 is 14.5 Å². The lowest BCUT2D eigenvalue weighted by Gasteiger charge is -2.26. The summed E-state index contributed by atoms with van der Waals surface area (Å²) >= 11 is 1.85. The van der Waals surface area contributed by atoms with Gasteiger partial charge in [-0.1, -0.05) is 47.5 Å². The molecule has 3 aromatic carbocycles. The maximum atomic E-state index is 13.6. The largest absolute Gasteiger partial charge is 0.489 e. The molecule has 0 saturated carbocycles. The van der Waals surface area contributed by atoms with Crippen LogP contribution in [-0.4, -0.2) is 44.7 Å². The van der Waals surface area contributed by atoms with Gasteiger partial charge in [-0.2, -0.15) is 16.9 Å². The molecule has 1 heterocycles. The molecular formula is C27H29N3O4S2. The zero-order valence-corrected chi connectivity index (χ0v) is 22.1. The molecule has 36 heavy (non-hydrogen) atoms. The van der Waals surface area contributed by atoms with Crippen molar-refractivity contribution in [3.8, 4) is 5.75 Å². The van der Waals surface area contributed by atoms with Crippen molar-refractivity contribution >= 4 is 39.6 Å². The lowest BCUT2D eigenvalue weighted by molar-refractivity contribution is -0.119. The quantitative estimate of drug-likeness (QED) is 0.331. The fourth-order valence-corrected chi connectivity index (χ4v) is 5.76. The van der Waals surface area contributed by atoms with E-state index in [-0.39, 0.29) is 11.0 Å². The number of thioether (sulfide) groups is 1. The zero-order valence-electron chi connectivity index (χ0n) is 20.5. The van der Waals surface area contributed by atoms with Gasteiger partial charge in [-0.05, 0) is 62.2 Å². The van der Waals surface area contributed by atoms with Crippen LogP contribution in [0, 0.1) is 20.8 Å². The second-order valence-electron chi connectivity index (χ2n) is 8.76. The van der Waals surface area contributed by atoms with E-state index < -0.39 is 22.5 Å². The van der Waals surface area contributed by atoms with Crippen LogP contribution in [0.2, 0.25) is 0 Å². The minimum Gasteiger partial charge on any atom is -0.489 e. The molecule has 0 spiro atoms. The second-order valence-corrected chi connectivity index (χ2v) is 11.7. The monoisotopic (exact) mass is 523 g/mol. The number of nitrogens with one attached hydrogen (secondary N) is 1. The molecule has 1 aliphatic heterocycles. The average molecular weight is 524 g/mol. The minimum atomic E-state index is -3.99. The summed E-state index contributed by atoms with van der Waals surface area (Å²) in [6.45, 7) is 5.23. The van der Waals surface area contributed by atoms with Gasteiger partial charge in [0.15, 0.2) is 0 Å². The first kappa shape index (κ1) is 25.8. The molecule has 1 amide bonds. The normalized spacial score (nSPS) is 13.9. The highest BCUT2D eigenvalue weighted by molar-refractivity contribution is 8.00. The molecule has 0 atom stereocenters. The summed E-state index contributed by atoms with van der Waals surface area (Å²) in [5.41, 5.74) is 6.36. The SMILES string of the molecule is Cc1ccc(S(=O)(=O)N(CC(=O)N/N=C\c2cccc(OC3CSC3)c2)c2ccc(C)cc2C)cc1. The molecule has 1 N–H and O–H groups in total. The Morgan fingerprint density at radius 2 is 1.78 bits per heavy atom. The van der Waals surface area contributed by atoms with E-state index in [9.17, 15) is 13.2 Å². The summed E-state index contributed by atoms with van der Waals surface area (Å²) in [5, 5.41) is 4.04. The molecule has 9 heteroatoms. The van der Waals surface area contributed by atoms with Gasteiger partial charge in [0, 0.05) is 11.5 Å². The van der Waals surface area contributed by atoms with E-state index in [2.05, 4.69) is 10.5 Å². The van der Waals surface area contributed by atoms with Crippen LogP contribution in [0.4, 0.5) is 5.69 Å². The number of carbonyl (C=O) groups excluding carboxylic acids is 1. The van der Waals surface area contributed by atoms with Gasteiger partial charge in [-0.25, -0.2) is 13.8 Å². The lowest BCUT2D eigenvalue weighted by Crippen LogP contribution is -2.40. The Morgan fingerprint density at radius 3 is 2.44 bits per heavy atom. The minimum absolute atomic E-state index is 0.117. The van der Waals surface area contributed by atoms with Crippen molar-refractivity contribution in [3.63, 3.8) is 0 Å². The third kappa shape index (κ3) is 6.27. The lowest BCUT2D eigenvalue weighted by atomic mass is 10.1. The summed E-state index contributed by atoms with van der Waals surface area (Å²) in [6, 6.07) is 19.5. The Balaban J connectivity index is 1.51. The first-order valence-electron chi connectivity index (χ1n) is 11.6. The van der Waals surface area contributed by atoms with Gasteiger partial charge in [-0.3, -0.25) is 9.10 Å². The van der Waals surface area contributed by atoms with E-state index in [4.69, 9.17) is 4.74 Å². The molecule has 3 aromatic rings. The smallest absolute Gasteiger partial charge is 0.264 e. The van der Waals surface area contributed by atoms with Crippen LogP contribution in [0.3, 0.4) is 0 Å². The molecule has 0 unspecified atom stereocenters. The number of amides is 1. The number of hydrogen-bond acceptors (Lipinski definition) is 6. The molecule has 0 aliphatic carbocycles. The number of nitrogens with zero attached hydrogens (tertiary/aromatic N) is 2. The number of aryl methyl sites for hydroxylation is 3. The Hall–Kier alpha value is -3.30. The van der Waals surface area contributed by atoms with E-state index in [0.717, 1.165) is 43.8 Å². The number of anilines is 1. The highest BCUT2D eigenvalue weighted by Gasteiger charge is 2.28. The standard InChI is InChI=1S/C27H29N3O4S2/c1-19-7-10-25(11-8-19)36(32,33)30(26-12-9-20(2)13-21(26)3)16-27(31)29-28-15-22-5-4-6-23(14-22)34-24-17-35-18-24/h4-15,24H,16-18H2,1-3H3,(H,29,31)/b28-15-. The third-order valence-electron chi connectivity index (χ3n) is 5.69. The summed E-state index contributed by atoms with van der Waals surface area (Å²) < 4.78 is 34.1. The highest BCUT2D eigenvalue weighted by atomic mass is 32.2. The maximum absolute atomic E-state index is 13.6. The molecule has 1 aliphatic rings. The molecular weight excluding hydrogens is 494 g/mol. The number of carbonyl (C=O) groups is 1. The third-order valence-corrected chi connectivity index (χ3v) is 8.68. The fourth-order valence-electron chi connectivity index (χ4n) is 3.71. The van der Waals surface area contributed by atoms with Crippen LogP contribution in [0.5, 0.6) is 5.75 Å². The van der Waals surface area contributed by atoms with Crippen molar-refractivity contribution in [2.24, 2.45) is 5.10 Å². The number of rotatable bonds is 9. The van der Waals surface area contributed by atoms with Gasteiger partial charge in [-0.15, -0.1) is 0 Å². The molecule has 1 saturated heterocycles. The van der Waals surface area contributed by atoms with E-state index in [1.807, 2.05) is 68.9 Å². The first-order valence-corrected chi connectivity index (χ1v) is 14.1. The highest BCUT2D eigenvalue weighted by Crippen LogP contribution is 2.28. The van der Waals surface area contributed by atoms with E-state index in [0.29, 0.717) is 5.69 Å². The summed E-state index contributed by atoms with van der Waals surface area (Å²) in [7, 11) is -3.99. The first-order chi connectivity index (χ1) is 17.2. The predicted octanol–water partition coefficient (Wildman–Crippen LogP) is 4.45. The number of ether oxygens (including phenoxy) is 1. The second kappa shape index (κ2) is 11.2. The zero-order chi connectivity index (χ0) is 25.7. The molecule has 4 rings (SSSR count). The van der Waals surface area contributed by atoms with Gasteiger partial charge >= 0.3 is 0 Å². The topological polar surface area (TPSA) is 88.1 Å². The molecule has 188 valence electrons. The van der Waals surface area contributed by atoms with Crippen molar-refractivity contribution in [1.29, 1.82) is 0 Å². The molecule has 0 radical (unpaired) electrons. The summed E-state index contributed by atoms with van der Waals surface area (Å²) in [6.07, 6.45) is 1.74. The van der Waals surface area contributed by atoms with Crippen LogP contribution in [0.1, 0.15) is 22.3 Å². The Morgan fingerprint density at radius 1 is 1.06 bits per heavy atom. The van der Waals surface area contributed by atoms with E-state index >= 15 is 0 Å². The van der Waals surface area contributed by atoms with Gasteiger partial charge in [0.1, 0.15) is 18.4 Å². The molecule has 0 aromatic heterocycles. The van der Waals surface area contributed by atoms with E-state index in [1.54, 1.807) is 30.3 Å². The van der Waals surface area contributed by atoms with Crippen molar-refractivity contribution in [2.45, 2.75) is 31.8 Å². The summed E-state index contributed by atoms with van der Waals surface area (Å²) in [4.78, 5) is 12.9. The van der Waals surface area contributed by atoms with Crippen molar-refractivity contribution < 1.29 is 17.9 Å². The fraction of sp³-hybridized carbons (Fsp3) is 0.259. The Kier molecular flexibility index (Phi) is 8.01. The average Bonchev–Trinajstić information content (AvgIpc) is 2.81.